The van der Waals surface area contributed by atoms with E-state index >= 15 is 4.39 Å². The van der Waals surface area contributed by atoms with Gasteiger partial charge < -0.3 is 29.5 Å². The van der Waals surface area contributed by atoms with E-state index in [0.29, 0.717) is 37.6 Å². The number of anilines is 2. The maximum atomic E-state index is 15.3. The summed E-state index contributed by atoms with van der Waals surface area (Å²) in [5.41, 5.74) is 1.12. The van der Waals surface area contributed by atoms with Crippen molar-refractivity contribution < 1.29 is 32.3 Å². The Kier molecular flexibility index (Phi) is 8.37. The summed E-state index contributed by atoms with van der Waals surface area (Å²) in [7, 11) is 2.14. The second kappa shape index (κ2) is 11.7. The first-order chi connectivity index (χ1) is 17.9. The lowest BCUT2D eigenvalue weighted by atomic mass is 10.2. The van der Waals surface area contributed by atoms with E-state index in [4.69, 9.17) is 14.3 Å². The molecule has 206 valence electrons. The van der Waals surface area contributed by atoms with E-state index in [9.17, 15) is 13.6 Å². The third-order valence-electron chi connectivity index (χ3n) is 7.29. The number of ether oxygens (including phenoxy) is 2. The fourth-order valence-electron chi connectivity index (χ4n) is 4.99. The molecule has 4 aliphatic rings. The predicted molar refractivity (Wildman–Crippen MR) is 130 cm³/mol. The number of carbonyl (C=O) groups excluding carboxylic acids is 1. The maximum Gasteiger partial charge on any atom is 0.315 e. The topological polar surface area (TPSA) is 76.3 Å². The van der Waals surface area contributed by atoms with Gasteiger partial charge in [-0.25, -0.2) is 4.39 Å². The third kappa shape index (κ3) is 6.65. The van der Waals surface area contributed by atoms with Crippen LogP contribution in [0.5, 0.6) is 0 Å². The van der Waals surface area contributed by atoms with Crippen LogP contribution in [0.15, 0.2) is 18.2 Å². The van der Waals surface area contributed by atoms with Gasteiger partial charge >= 0.3 is 6.43 Å². The molecule has 1 N–H and O–H groups in total. The molecule has 3 atom stereocenters. The number of nitrogens with zero attached hydrogens (tertiary/aromatic N) is 5. The van der Waals surface area contributed by atoms with E-state index in [2.05, 4.69) is 22.2 Å². The van der Waals surface area contributed by atoms with Crippen LogP contribution in [-0.2, 0) is 19.1 Å². The van der Waals surface area contributed by atoms with Crippen LogP contribution in [-0.4, -0.2) is 131 Å². The van der Waals surface area contributed by atoms with E-state index in [1.165, 1.54) is 6.07 Å². The first-order valence-corrected chi connectivity index (χ1v) is 12.8. The maximum absolute atomic E-state index is 15.3. The number of likely N-dealkylation sites (N-methyl/N-ethyl adjacent to an activating group) is 1. The number of hydroxylamine groups is 2. The van der Waals surface area contributed by atoms with Crippen LogP contribution in [0.2, 0.25) is 0 Å². The Morgan fingerprint density at radius 1 is 1.08 bits per heavy atom. The van der Waals surface area contributed by atoms with E-state index in [-0.39, 0.29) is 25.1 Å². The van der Waals surface area contributed by atoms with Crippen molar-refractivity contribution in [2.75, 3.05) is 95.4 Å². The van der Waals surface area contributed by atoms with Gasteiger partial charge in [0, 0.05) is 77.7 Å². The summed E-state index contributed by atoms with van der Waals surface area (Å²) < 4.78 is 51.3. The summed E-state index contributed by atoms with van der Waals surface area (Å²) in [6.07, 6.45) is -4.51. The zero-order valence-corrected chi connectivity index (χ0v) is 21.0. The largest absolute Gasteiger partial charge is 0.365 e. The van der Waals surface area contributed by atoms with E-state index in [0.717, 1.165) is 39.3 Å². The number of carbonyl (C=O) groups is 1. The van der Waals surface area contributed by atoms with Crippen LogP contribution in [0.3, 0.4) is 0 Å². The van der Waals surface area contributed by atoms with Crippen LogP contribution in [0.25, 0.3) is 0 Å². The lowest BCUT2D eigenvalue weighted by molar-refractivity contribution is -0.150. The molecular formula is C24H35F3N6O4. The van der Waals surface area contributed by atoms with Crippen molar-refractivity contribution in [1.82, 2.24) is 20.2 Å². The second-order valence-corrected chi connectivity index (χ2v) is 9.88. The summed E-state index contributed by atoms with van der Waals surface area (Å²) >= 11 is 0. The quantitative estimate of drug-likeness (QED) is 0.483. The molecule has 10 nitrogen and oxygen atoms in total. The first kappa shape index (κ1) is 26.4. The molecule has 1 amide bonds. The Balaban J connectivity index is 1.14. The van der Waals surface area contributed by atoms with Crippen LogP contribution >= 0.6 is 0 Å². The van der Waals surface area contributed by atoms with Gasteiger partial charge in [0.05, 0.1) is 18.4 Å². The average Bonchev–Trinajstić information content (AvgIpc) is 3.70. The lowest BCUT2D eigenvalue weighted by Crippen LogP contribution is -2.48. The number of fused-ring (bicyclic) bond motifs is 1. The Morgan fingerprint density at radius 3 is 2.65 bits per heavy atom. The highest BCUT2D eigenvalue weighted by atomic mass is 19.3. The smallest absolute Gasteiger partial charge is 0.315 e. The molecule has 0 aromatic heterocycles. The van der Waals surface area contributed by atoms with Gasteiger partial charge in [0.25, 0.3) is 5.91 Å². The van der Waals surface area contributed by atoms with Gasteiger partial charge in [0.2, 0.25) is 6.29 Å². The number of alkyl halides is 2. The van der Waals surface area contributed by atoms with Gasteiger partial charge in [-0.1, -0.05) is 0 Å². The number of hydrogen-bond donors (Lipinski definition) is 1. The number of halogens is 3. The Morgan fingerprint density at radius 2 is 1.89 bits per heavy atom. The van der Waals surface area contributed by atoms with Crippen LogP contribution < -0.4 is 15.1 Å². The van der Waals surface area contributed by atoms with Gasteiger partial charge in [0.15, 0.2) is 6.23 Å². The molecule has 0 saturated carbocycles. The summed E-state index contributed by atoms with van der Waals surface area (Å²) in [4.78, 5) is 25.7. The highest BCUT2D eigenvalue weighted by Gasteiger charge is 2.51. The molecule has 4 heterocycles. The number of rotatable bonds is 8. The molecule has 0 aliphatic carbocycles. The molecule has 0 bridgehead atoms. The molecule has 4 saturated heterocycles. The van der Waals surface area contributed by atoms with Crippen molar-refractivity contribution >= 4 is 17.3 Å². The number of morpholine rings is 1. The van der Waals surface area contributed by atoms with E-state index in [1.807, 2.05) is 20.9 Å². The highest BCUT2D eigenvalue weighted by molar-refractivity contribution is 5.79. The monoisotopic (exact) mass is 528 g/mol. The number of epoxide rings is 1. The van der Waals surface area contributed by atoms with Gasteiger partial charge in [-0.15, -0.1) is 0 Å². The van der Waals surface area contributed by atoms with Crippen LogP contribution in [0, 0.1) is 5.82 Å². The molecule has 0 radical (unpaired) electrons. The molecule has 37 heavy (non-hydrogen) atoms. The zero-order valence-electron chi connectivity index (χ0n) is 21.0. The van der Waals surface area contributed by atoms with Gasteiger partial charge in [-0.2, -0.15) is 13.8 Å². The Hall–Kier alpha value is -2.16. The summed E-state index contributed by atoms with van der Waals surface area (Å²) in [5.74, 6) is -1.70. The van der Waals surface area contributed by atoms with Crippen molar-refractivity contribution in [1.29, 1.82) is 0 Å². The molecule has 5 rings (SSSR count). The van der Waals surface area contributed by atoms with E-state index in [1.54, 1.807) is 6.07 Å². The highest BCUT2D eigenvalue weighted by Crippen LogP contribution is 2.37. The van der Waals surface area contributed by atoms with Crippen molar-refractivity contribution in [3.63, 3.8) is 0 Å². The average molecular weight is 529 g/mol. The fraction of sp³-hybridized carbons (Fsp3) is 0.708. The van der Waals surface area contributed by atoms with E-state index < -0.39 is 24.7 Å². The van der Waals surface area contributed by atoms with Crippen molar-refractivity contribution in [3.8, 4) is 0 Å². The van der Waals surface area contributed by atoms with Gasteiger partial charge in [-0.3, -0.25) is 14.5 Å². The van der Waals surface area contributed by atoms with Crippen molar-refractivity contribution in [2.45, 2.75) is 25.0 Å². The number of piperazine rings is 1. The minimum absolute atomic E-state index is 0.0775. The lowest BCUT2D eigenvalue weighted by Gasteiger charge is -2.33. The minimum Gasteiger partial charge on any atom is -0.365 e. The first-order valence-electron chi connectivity index (χ1n) is 12.8. The van der Waals surface area contributed by atoms with Crippen molar-refractivity contribution in [2.24, 2.45) is 0 Å². The standard InChI is InChI=1S/C24H35F3N6O4/c1-29-4-6-30(7-5-29)8-10-32-11-9-31(12-13-35-32)20-3-2-17(14-19(20)25)33-16-18(36-24-23(33)37-24)15-28-22(34)21(26)27/h2-3,14,18,21,23-24H,4-13,15-16H2,1H3,(H,28,34)/t18-,23?,24?/m0/s1. The van der Waals surface area contributed by atoms with Gasteiger partial charge in [-0.05, 0) is 25.2 Å². The number of hydrogen-bond acceptors (Lipinski definition) is 9. The molecular weight excluding hydrogens is 493 g/mol. The summed E-state index contributed by atoms with van der Waals surface area (Å²) in [6.45, 7) is 8.66. The SMILES string of the molecule is CN1CCN(CCN2CCN(c3ccc(N4C[C@H](CNC(=O)C(F)F)OC5OC54)cc3F)CCO2)CC1. The Labute approximate surface area is 214 Å². The molecule has 1 aromatic carbocycles. The van der Waals surface area contributed by atoms with Crippen LogP contribution in [0.4, 0.5) is 24.5 Å². The molecule has 0 spiro atoms. The second-order valence-electron chi connectivity index (χ2n) is 9.88. The number of nitrogens with one attached hydrogen (secondary N) is 1. The predicted octanol–water partition coefficient (Wildman–Crippen LogP) is 0.396. The number of amides is 1. The fourth-order valence-corrected chi connectivity index (χ4v) is 4.99. The van der Waals surface area contributed by atoms with Gasteiger partial charge in [0.1, 0.15) is 5.82 Å². The molecule has 2 unspecified atom stereocenters. The molecule has 4 fully saturated rings. The van der Waals surface area contributed by atoms with Crippen LogP contribution in [0.1, 0.15) is 0 Å². The minimum atomic E-state index is -3.08. The molecule has 1 aromatic rings. The summed E-state index contributed by atoms with van der Waals surface area (Å²) in [5, 5.41) is 4.15. The number of benzene rings is 1. The molecule has 4 aliphatic heterocycles. The normalized spacial score (nSPS) is 27.8. The third-order valence-corrected chi connectivity index (χ3v) is 7.29. The van der Waals surface area contributed by atoms with Crippen molar-refractivity contribution in [3.05, 3.63) is 24.0 Å². The Bertz CT molecular complexity index is 938. The molecule has 13 heteroatoms. The zero-order chi connectivity index (χ0) is 25.9. The summed E-state index contributed by atoms with van der Waals surface area (Å²) in [6, 6.07) is 5.05.